The molecule has 1 N–H and O–H groups in total. The van der Waals surface area contributed by atoms with Crippen molar-refractivity contribution in [1.29, 1.82) is 0 Å². The molecule has 14 heavy (non-hydrogen) atoms. The van der Waals surface area contributed by atoms with Crippen molar-refractivity contribution in [2.45, 2.75) is 5.38 Å². The Morgan fingerprint density at radius 2 is 1.93 bits per heavy atom. The number of rotatable bonds is 3. The van der Waals surface area contributed by atoms with E-state index in [1.54, 1.807) is 19.1 Å². The minimum Gasteiger partial charge on any atom is -0.288 e. The van der Waals surface area contributed by atoms with E-state index in [-0.39, 0.29) is 5.91 Å². The standard InChI is InChI=1S/C10H13ClN2O/c1-13(2)12-10(14)9(11)8-6-4-3-5-7-8/h3-7,9H,1-2H3,(H,12,14)/t9-/m0/s1. The van der Waals surface area contributed by atoms with Crippen molar-refractivity contribution in [1.82, 2.24) is 10.4 Å². The van der Waals surface area contributed by atoms with Gasteiger partial charge < -0.3 is 0 Å². The molecule has 1 atom stereocenters. The smallest absolute Gasteiger partial charge is 0.256 e. The molecule has 0 aliphatic rings. The molecule has 0 saturated carbocycles. The average Bonchev–Trinajstić information content (AvgIpc) is 2.17. The Labute approximate surface area is 88.6 Å². The highest BCUT2D eigenvalue weighted by atomic mass is 35.5. The summed E-state index contributed by atoms with van der Waals surface area (Å²) >= 11 is 5.96. The van der Waals surface area contributed by atoms with Crippen LogP contribution < -0.4 is 5.43 Å². The first-order valence-electron chi connectivity index (χ1n) is 4.28. The zero-order valence-electron chi connectivity index (χ0n) is 8.20. The van der Waals surface area contributed by atoms with Crippen molar-refractivity contribution < 1.29 is 4.79 Å². The lowest BCUT2D eigenvalue weighted by Crippen LogP contribution is -2.38. The Hall–Kier alpha value is -1.06. The number of benzene rings is 1. The topological polar surface area (TPSA) is 32.3 Å². The molecule has 1 aromatic rings. The van der Waals surface area contributed by atoms with Crippen LogP contribution in [0.25, 0.3) is 0 Å². The summed E-state index contributed by atoms with van der Waals surface area (Å²) < 4.78 is 0. The number of amides is 1. The van der Waals surface area contributed by atoms with Gasteiger partial charge in [-0.15, -0.1) is 11.6 Å². The monoisotopic (exact) mass is 212 g/mol. The molecule has 0 saturated heterocycles. The molecule has 0 radical (unpaired) electrons. The first-order chi connectivity index (χ1) is 6.61. The fourth-order valence-electron chi connectivity index (χ4n) is 1.05. The van der Waals surface area contributed by atoms with E-state index in [0.717, 1.165) is 5.56 Å². The molecule has 1 rings (SSSR count). The fourth-order valence-corrected chi connectivity index (χ4v) is 1.24. The van der Waals surface area contributed by atoms with E-state index in [9.17, 15) is 4.79 Å². The van der Waals surface area contributed by atoms with Gasteiger partial charge in [-0.3, -0.25) is 10.2 Å². The number of carbonyl (C=O) groups excluding carboxylic acids is 1. The van der Waals surface area contributed by atoms with Crippen LogP contribution in [0, 0.1) is 0 Å². The van der Waals surface area contributed by atoms with Crippen LogP contribution in [0.5, 0.6) is 0 Å². The van der Waals surface area contributed by atoms with E-state index in [1.165, 1.54) is 0 Å². The van der Waals surface area contributed by atoms with Crippen LogP contribution in [0.1, 0.15) is 10.9 Å². The summed E-state index contributed by atoms with van der Waals surface area (Å²) in [6.45, 7) is 0. The molecule has 0 aromatic heterocycles. The van der Waals surface area contributed by atoms with E-state index >= 15 is 0 Å². The van der Waals surface area contributed by atoms with Gasteiger partial charge in [-0.2, -0.15) is 0 Å². The largest absolute Gasteiger partial charge is 0.288 e. The zero-order chi connectivity index (χ0) is 10.6. The SMILES string of the molecule is CN(C)NC(=O)[C@@H](Cl)c1ccccc1. The predicted octanol–water partition coefficient (Wildman–Crippen LogP) is 1.56. The van der Waals surface area contributed by atoms with E-state index in [1.807, 2.05) is 30.3 Å². The van der Waals surface area contributed by atoms with Gasteiger partial charge in [0.05, 0.1) is 0 Å². The molecule has 0 bridgehead atoms. The third kappa shape index (κ3) is 3.01. The van der Waals surface area contributed by atoms with Crippen LogP contribution in [0.15, 0.2) is 30.3 Å². The van der Waals surface area contributed by atoms with Gasteiger partial charge >= 0.3 is 0 Å². The number of hydrogen-bond donors (Lipinski definition) is 1. The highest BCUT2D eigenvalue weighted by Crippen LogP contribution is 2.19. The molecular weight excluding hydrogens is 200 g/mol. The Morgan fingerprint density at radius 1 is 1.36 bits per heavy atom. The molecule has 76 valence electrons. The third-order valence-electron chi connectivity index (χ3n) is 1.66. The van der Waals surface area contributed by atoms with Crippen molar-refractivity contribution in [3.63, 3.8) is 0 Å². The van der Waals surface area contributed by atoms with Crippen molar-refractivity contribution >= 4 is 17.5 Å². The first kappa shape index (κ1) is 11.0. The lowest BCUT2D eigenvalue weighted by atomic mass is 10.1. The van der Waals surface area contributed by atoms with Crippen LogP contribution in [0.3, 0.4) is 0 Å². The van der Waals surface area contributed by atoms with Crippen molar-refractivity contribution in [3.8, 4) is 0 Å². The molecule has 0 heterocycles. The highest BCUT2D eigenvalue weighted by Gasteiger charge is 2.17. The number of hydrogen-bond acceptors (Lipinski definition) is 2. The second-order valence-corrected chi connectivity index (χ2v) is 3.58. The molecule has 0 spiro atoms. The van der Waals surface area contributed by atoms with E-state index < -0.39 is 5.38 Å². The summed E-state index contributed by atoms with van der Waals surface area (Å²) in [4.78, 5) is 11.5. The Kier molecular flexibility index (Phi) is 3.92. The van der Waals surface area contributed by atoms with Crippen LogP contribution in [0.2, 0.25) is 0 Å². The minimum atomic E-state index is -0.640. The summed E-state index contributed by atoms with van der Waals surface area (Å²) in [5.41, 5.74) is 3.40. The van der Waals surface area contributed by atoms with Gasteiger partial charge in [-0.05, 0) is 5.56 Å². The Bertz CT molecular complexity index is 300. The maximum Gasteiger partial charge on any atom is 0.256 e. The third-order valence-corrected chi connectivity index (χ3v) is 2.11. The van der Waals surface area contributed by atoms with Gasteiger partial charge in [-0.1, -0.05) is 30.3 Å². The van der Waals surface area contributed by atoms with Gasteiger partial charge in [0.2, 0.25) is 0 Å². The van der Waals surface area contributed by atoms with Gasteiger partial charge in [0.25, 0.3) is 5.91 Å². The summed E-state index contributed by atoms with van der Waals surface area (Å²) in [5, 5.41) is 0.930. The summed E-state index contributed by atoms with van der Waals surface area (Å²) in [6, 6.07) is 9.25. The van der Waals surface area contributed by atoms with Crippen LogP contribution in [-0.2, 0) is 4.79 Å². The van der Waals surface area contributed by atoms with Crippen LogP contribution in [0.4, 0.5) is 0 Å². The normalized spacial score (nSPS) is 12.6. The molecular formula is C10H13ClN2O. The molecule has 0 aliphatic heterocycles. The second kappa shape index (κ2) is 4.98. The van der Waals surface area contributed by atoms with E-state index in [4.69, 9.17) is 11.6 Å². The average molecular weight is 213 g/mol. The predicted molar refractivity (Wildman–Crippen MR) is 56.9 cm³/mol. The Morgan fingerprint density at radius 3 is 2.43 bits per heavy atom. The van der Waals surface area contributed by atoms with E-state index in [2.05, 4.69) is 5.43 Å². The van der Waals surface area contributed by atoms with Crippen molar-refractivity contribution in [3.05, 3.63) is 35.9 Å². The van der Waals surface area contributed by atoms with Crippen molar-refractivity contribution in [2.75, 3.05) is 14.1 Å². The molecule has 4 heteroatoms. The lowest BCUT2D eigenvalue weighted by molar-refractivity contribution is -0.124. The van der Waals surface area contributed by atoms with Crippen molar-refractivity contribution in [2.24, 2.45) is 0 Å². The highest BCUT2D eigenvalue weighted by molar-refractivity contribution is 6.30. The van der Waals surface area contributed by atoms with Gasteiger partial charge in [-0.25, -0.2) is 5.01 Å². The molecule has 0 fully saturated rings. The molecule has 0 unspecified atom stereocenters. The fraction of sp³-hybridized carbons (Fsp3) is 0.300. The van der Waals surface area contributed by atoms with Gasteiger partial charge in [0.1, 0.15) is 5.38 Å². The zero-order valence-corrected chi connectivity index (χ0v) is 8.95. The van der Waals surface area contributed by atoms with Gasteiger partial charge in [0.15, 0.2) is 0 Å². The molecule has 3 nitrogen and oxygen atoms in total. The number of alkyl halides is 1. The number of hydrazine groups is 1. The Balaban J connectivity index is 2.66. The second-order valence-electron chi connectivity index (χ2n) is 3.14. The van der Waals surface area contributed by atoms with Crippen LogP contribution >= 0.6 is 11.6 Å². The number of halogens is 1. The first-order valence-corrected chi connectivity index (χ1v) is 4.71. The quantitative estimate of drug-likeness (QED) is 0.609. The number of nitrogens with one attached hydrogen (secondary N) is 1. The lowest BCUT2D eigenvalue weighted by Gasteiger charge is -2.15. The van der Waals surface area contributed by atoms with E-state index in [0.29, 0.717) is 0 Å². The van der Waals surface area contributed by atoms with Crippen LogP contribution in [-0.4, -0.2) is 25.0 Å². The molecule has 0 aliphatic carbocycles. The number of nitrogens with zero attached hydrogens (tertiary/aromatic N) is 1. The maximum atomic E-state index is 11.5. The summed E-state index contributed by atoms with van der Waals surface area (Å²) in [5.74, 6) is -0.220. The minimum absolute atomic E-state index is 0.220. The summed E-state index contributed by atoms with van der Waals surface area (Å²) in [6.07, 6.45) is 0. The maximum absolute atomic E-state index is 11.5. The number of carbonyl (C=O) groups is 1. The summed E-state index contributed by atoms with van der Waals surface area (Å²) in [7, 11) is 3.49. The molecule has 1 aromatic carbocycles. The molecule has 1 amide bonds. The van der Waals surface area contributed by atoms with Gasteiger partial charge in [0, 0.05) is 14.1 Å².